The van der Waals surface area contributed by atoms with Gasteiger partial charge in [0.2, 0.25) is 0 Å². The monoisotopic (exact) mass is 278 g/mol. The molecule has 1 heterocycles. The normalized spacial score (nSPS) is 12.3. The molecular weight excluding hydrogens is 263 g/mol. The predicted octanol–water partition coefficient (Wildman–Crippen LogP) is 2.10. The van der Waals surface area contributed by atoms with Gasteiger partial charge in [0, 0.05) is 22.4 Å². The van der Waals surface area contributed by atoms with Crippen molar-refractivity contribution in [2.24, 2.45) is 5.84 Å². The molecule has 0 saturated carbocycles. The second-order valence-electron chi connectivity index (χ2n) is 3.94. The third-order valence-corrected chi connectivity index (χ3v) is 3.83. The van der Waals surface area contributed by atoms with E-state index in [0.29, 0.717) is 16.5 Å². The SMILES string of the molecule is NNC(CSc1ccccc1F)c1cccnc1N. The van der Waals surface area contributed by atoms with Crippen molar-refractivity contribution in [2.75, 3.05) is 11.5 Å². The highest BCUT2D eigenvalue weighted by Gasteiger charge is 2.14. The topological polar surface area (TPSA) is 77.0 Å². The van der Waals surface area contributed by atoms with Crippen molar-refractivity contribution >= 4 is 17.6 Å². The zero-order valence-electron chi connectivity index (χ0n) is 10.2. The number of hydrogen-bond donors (Lipinski definition) is 3. The van der Waals surface area contributed by atoms with Crippen LogP contribution in [0.2, 0.25) is 0 Å². The molecule has 2 aromatic rings. The van der Waals surface area contributed by atoms with Gasteiger partial charge in [0.25, 0.3) is 0 Å². The lowest BCUT2D eigenvalue weighted by Gasteiger charge is -2.17. The maximum absolute atomic E-state index is 13.5. The number of pyridine rings is 1. The van der Waals surface area contributed by atoms with Gasteiger partial charge >= 0.3 is 0 Å². The van der Waals surface area contributed by atoms with E-state index in [1.165, 1.54) is 17.8 Å². The van der Waals surface area contributed by atoms with Crippen molar-refractivity contribution in [1.82, 2.24) is 10.4 Å². The Bertz CT molecular complexity index is 550. The van der Waals surface area contributed by atoms with E-state index in [1.807, 2.05) is 6.07 Å². The highest BCUT2D eigenvalue weighted by atomic mass is 32.2. The zero-order valence-corrected chi connectivity index (χ0v) is 11.0. The zero-order chi connectivity index (χ0) is 13.7. The van der Waals surface area contributed by atoms with Crippen LogP contribution in [0, 0.1) is 5.82 Å². The van der Waals surface area contributed by atoms with E-state index in [9.17, 15) is 4.39 Å². The Morgan fingerprint density at radius 2 is 2.05 bits per heavy atom. The molecule has 4 nitrogen and oxygen atoms in total. The van der Waals surface area contributed by atoms with Gasteiger partial charge in [0.1, 0.15) is 11.6 Å². The molecule has 1 unspecified atom stereocenters. The van der Waals surface area contributed by atoms with Crippen LogP contribution in [0.25, 0.3) is 0 Å². The summed E-state index contributed by atoms with van der Waals surface area (Å²) in [5.74, 6) is 6.29. The van der Waals surface area contributed by atoms with Gasteiger partial charge in [-0.1, -0.05) is 18.2 Å². The van der Waals surface area contributed by atoms with Crippen LogP contribution in [-0.4, -0.2) is 10.7 Å². The number of rotatable bonds is 5. The molecule has 0 radical (unpaired) electrons. The number of nitrogens with one attached hydrogen (secondary N) is 1. The average molecular weight is 278 g/mol. The Morgan fingerprint density at radius 1 is 1.26 bits per heavy atom. The van der Waals surface area contributed by atoms with Crippen LogP contribution in [-0.2, 0) is 0 Å². The summed E-state index contributed by atoms with van der Waals surface area (Å²) in [7, 11) is 0. The molecule has 0 aliphatic rings. The minimum atomic E-state index is -0.234. The lowest BCUT2D eigenvalue weighted by atomic mass is 10.1. The molecule has 19 heavy (non-hydrogen) atoms. The molecule has 0 fully saturated rings. The van der Waals surface area contributed by atoms with Crippen molar-refractivity contribution in [3.05, 3.63) is 54.0 Å². The summed E-state index contributed by atoms with van der Waals surface area (Å²) in [6.07, 6.45) is 1.62. The minimum Gasteiger partial charge on any atom is -0.383 e. The summed E-state index contributed by atoms with van der Waals surface area (Å²) >= 11 is 1.38. The van der Waals surface area contributed by atoms with E-state index >= 15 is 0 Å². The molecule has 100 valence electrons. The van der Waals surface area contributed by atoms with E-state index in [4.69, 9.17) is 11.6 Å². The van der Waals surface area contributed by atoms with Crippen LogP contribution in [0.3, 0.4) is 0 Å². The molecule has 0 spiro atoms. The van der Waals surface area contributed by atoms with Crippen molar-refractivity contribution in [2.45, 2.75) is 10.9 Å². The molecule has 6 heteroatoms. The minimum absolute atomic E-state index is 0.182. The number of benzene rings is 1. The highest BCUT2D eigenvalue weighted by Crippen LogP contribution is 2.27. The summed E-state index contributed by atoms with van der Waals surface area (Å²) in [5, 5.41) is 0. The summed E-state index contributed by atoms with van der Waals surface area (Å²) in [6.45, 7) is 0. The van der Waals surface area contributed by atoms with Crippen molar-refractivity contribution in [3.8, 4) is 0 Å². The Morgan fingerprint density at radius 3 is 2.74 bits per heavy atom. The summed E-state index contributed by atoms with van der Waals surface area (Å²) in [4.78, 5) is 4.61. The van der Waals surface area contributed by atoms with Crippen LogP contribution in [0.1, 0.15) is 11.6 Å². The molecule has 2 rings (SSSR count). The molecule has 0 bridgehead atoms. The fraction of sp³-hybridized carbons (Fsp3) is 0.154. The Hall–Kier alpha value is -1.63. The van der Waals surface area contributed by atoms with Gasteiger partial charge in [-0.2, -0.15) is 0 Å². The van der Waals surface area contributed by atoms with Crippen LogP contribution in [0.4, 0.5) is 10.2 Å². The van der Waals surface area contributed by atoms with Crippen LogP contribution in [0.5, 0.6) is 0 Å². The molecule has 0 aliphatic heterocycles. The first-order valence-electron chi connectivity index (χ1n) is 5.76. The fourth-order valence-corrected chi connectivity index (χ4v) is 2.69. The number of anilines is 1. The van der Waals surface area contributed by atoms with Gasteiger partial charge in [-0.05, 0) is 18.2 Å². The maximum Gasteiger partial charge on any atom is 0.136 e. The third-order valence-electron chi connectivity index (χ3n) is 2.69. The fourth-order valence-electron chi connectivity index (χ4n) is 1.69. The summed E-state index contributed by atoms with van der Waals surface area (Å²) < 4.78 is 13.5. The smallest absolute Gasteiger partial charge is 0.136 e. The number of hydrazine groups is 1. The number of nitrogens with two attached hydrogens (primary N) is 2. The quantitative estimate of drug-likeness (QED) is 0.443. The van der Waals surface area contributed by atoms with Gasteiger partial charge < -0.3 is 5.73 Å². The first-order chi connectivity index (χ1) is 9.22. The van der Waals surface area contributed by atoms with Gasteiger partial charge in [-0.15, -0.1) is 11.8 Å². The Kier molecular flexibility index (Phi) is 4.73. The third kappa shape index (κ3) is 3.44. The van der Waals surface area contributed by atoms with E-state index in [2.05, 4.69) is 10.4 Å². The molecular formula is C13H15FN4S. The van der Waals surface area contributed by atoms with Crippen LogP contribution < -0.4 is 17.0 Å². The second kappa shape index (κ2) is 6.51. The highest BCUT2D eigenvalue weighted by molar-refractivity contribution is 7.99. The van der Waals surface area contributed by atoms with E-state index in [-0.39, 0.29) is 11.9 Å². The number of halogens is 1. The molecule has 5 N–H and O–H groups in total. The summed E-state index contributed by atoms with van der Waals surface area (Å²) in [6, 6.07) is 10.1. The second-order valence-corrected chi connectivity index (χ2v) is 5.00. The molecule has 0 amide bonds. The van der Waals surface area contributed by atoms with Crippen LogP contribution in [0.15, 0.2) is 47.5 Å². The predicted molar refractivity (Wildman–Crippen MR) is 75.8 cm³/mol. The molecule has 0 aliphatic carbocycles. The average Bonchev–Trinajstić information content (AvgIpc) is 2.43. The number of aromatic nitrogens is 1. The number of hydrogen-bond acceptors (Lipinski definition) is 5. The largest absolute Gasteiger partial charge is 0.383 e. The summed E-state index contributed by atoms with van der Waals surface area (Å²) in [5.41, 5.74) is 9.31. The van der Waals surface area contributed by atoms with Gasteiger partial charge in [0.15, 0.2) is 0 Å². The van der Waals surface area contributed by atoms with E-state index in [0.717, 1.165) is 5.56 Å². The lowest BCUT2D eigenvalue weighted by Crippen LogP contribution is -2.30. The lowest BCUT2D eigenvalue weighted by molar-refractivity contribution is 0.596. The first kappa shape index (κ1) is 13.8. The Labute approximate surface area is 115 Å². The molecule has 1 aromatic heterocycles. The van der Waals surface area contributed by atoms with Gasteiger partial charge in [-0.25, -0.2) is 9.37 Å². The van der Waals surface area contributed by atoms with Crippen molar-refractivity contribution in [3.63, 3.8) is 0 Å². The maximum atomic E-state index is 13.5. The molecule has 1 atom stereocenters. The van der Waals surface area contributed by atoms with Crippen molar-refractivity contribution in [1.29, 1.82) is 0 Å². The van der Waals surface area contributed by atoms with Crippen molar-refractivity contribution < 1.29 is 4.39 Å². The number of nitrogens with zero attached hydrogens (tertiary/aromatic N) is 1. The van der Waals surface area contributed by atoms with Gasteiger partial charge in [0.05, 0.1) is 6.04 Å². The standard InChI is InChI=1S/C13H15FN4S/c14-10-5-1-2-6-12(10)19-8-11(18-16)9-4-3-7-17-13(9)15/h1-7,11,18H,8,16H2,(H2,15,17). The number of thioether (sulfide) groups is 1. The van der Waals surface area contributed by atoms with Crippen LogP contribution >= 0.6 is 11.8 Å². The van der Waals surface area contributed by atoms with E-state index in [1.54, 1.807) is 30.5 Å². The first-order valence-corrected chi connectivity index (χ1v) is 6.74. The van der Waals surface area contributed by atoms with E-state index < -0.39 is 0 Å². The van der Waals surface area contributed by atoms with Gasteiger partial charge in [-0.3, -0.25) is 11.3 Å². The number of nitrogen functional groups attached to an aromatic ring is 1. The molecule has 0 saturated heterocycles. The molecule has 1 aromatic carbocycles. The Balaban J connectivity index is 2.09.